The van der Waals surface area contributed by atoms with Crippen LogP contribution in [0.1, 0.15) is 52.9 Å². The molecule has 5 aliphatic heterocycles. The lowest BCUT2D eigenvalue weighted by molar-refractivity contribution is -0.389. The van der Waals surface area contributed by atoms with Crippen LogP contribution in [0.25, 0.3) is 0 Å². The summed E-state index contributed by atoms with van der Waals surface area (Å²) in [4.78, 5) is 49.2. The van der Waals surface area contributed by atoms with Gasteiger partial charge in [0.1, 0.15) is 116 Å². The third-order valence-corrected chi connectivity index (χ3v) is 13.5. The molecule has 18 N–H and O–H groups in total. The fourth-order valence-corrected chi connectivity index (χ4v) is 9.32. The molecule has 0 radical (unpaired) electrons. The van der Waals surface area contributed by atoms with E-state index in [9.17, 15) is 85.6 Å². The molecule has 446 valence electrons. The lowest BCUT2D eigenvalue weighted by Gasteiger charge is -2.51. The summed E-state index contributed by atoms with van der Waals surface area (Å²) in [6.45, 7) is -0.319. The van der Waals surface area contributed by atoms with Gasteiger partial charge in [-0.1, -0.05) is 0 Å². The van der Waals surface area contributed by atoms with Gasteiger partial charge in [-0.25, -0.2) is 0 Å². The van der Waals surface area contributed by atoms with Crippen molar-refractivity contribution in [1.82, 2.24) is 21.3 Å². The highest BCUT2D eigenvalue weighted by Gasteiger charge is 2.57. The van der Waals surface area contributed by atoms with Crippen LogP contribution in [0.2, 0.25) is 0 Å². The molecule has 5 saturated heterocycles. The Labute approximate surface area is 441 Å². The summed E-state index contributed by atoms with van der Waals surface area (Å²) in [5, 5.41) is 160. The van der Waals surface area contributed by atoms with E-state index in [1.54, 1.807) is 0 Å². The molecule has 10 unspecified atom stereocenters. The maximum atomic E-state index is 12.8. The Bertz CT molecular complexity index is 1840. The minimum Gasteiger partial charge on any atom is -0.395 e. The molecule has 77 heavy (non-hydrogen) atoms. The highest BCUT2D eigenvalue weighted by molar-refractivity contribution is 5.77. The van der Waals surface area contributed by atoms with Gasteiger partial charge in [0, 0.05) is 39.8 Å². The molecule has 5 rings (SSSR count). The summed E-state index contributed by atoms with van der Waals surface area (Å²) in [5.74, 6) is -2.04. The molecule has 4 amide bonds. The van der Waals surface area contributed by atoms with Crippen molar-refractivity contribution >= 4 is 23.6 Å². The number of hydrogen-bond acceptors (Lipinski definition) is 28. The Morgan fingerprint density at radius 1 is 0.429 bits per heavy atom. The molecule has 0 saturated carbocycles. The Kier molecular flexibility index (Phi) is 25.8. The van der Waals surface area contributed by atoms with Gasteiger partial charge in [0.15, 0.2) is 31.5 Å². The van der Waals surface area contributed by atoms with Crippen LogP contribution in [-0.2, 0) is 66.5 Å². The summed E-state index contributed by atoms with van der Waals surface area (Å²) in [5.41, 5.74) is 0. The number of nitrogens with one attached hydrogen (secondary N) is 4. The SMILES string of the molecule is CC(=O)NC1[C@H](OCCCNC(=O)CCCCC(=O)NCCO)OC(CO)[C@H](O[C@@H]2OC(CO)[C@H](O)[C@H](O[C@@H]3OC(CO)[C@H](O)[C@H](O[C@@H]4OC(CO)[C@H](O)[C@H](O)C4O[C@@H]4OC(C)[C@H](O)[C@@H](O)C4O)C3NC(C)=O)C2O)[C@@H]1O. The number of ether oxygens (including phenoxy) is 10. The van der Waals surface area contributed by atoms with E-state index in [-0.39, 0.29) is 57.4 Å². The lowest BCUT2D eigenvalue weighted by atomic mass is 9.94. The van der Waals surface area contributed by atoms with E-state index in [4.69, 9.17) is 52.5 Å². The van der Waals surface area contributed by atoms with E-state index in [1.165, 1.54) is 6.92 Å². The Morgan fingerprint density at radius 2 is 0.909 bits per heavy atom. The van der Waals surface area contributed by atoms with E-state index in [1.807, 2.05) is 0 Å². The van der Waals surface area contributed by atoms with Crippen molar-refractivity contribution < 1.29 is 138 Å². The fourth-order valence-electron chi connectivity index (χ4n) is 9.32. The normalized spacial score (nSPS) is 41.5. The van der Waals surface area contributed by atoms with Crippen molar-refractivity contribution in [3.8, 4) is 0 Å². The third-order valence-electron chi connectivity index (χ3n) is 13.5. The molecule has 25 atom stereocenters. The van der Waals surface area contributed by atoms with E-state index >= 15 is 0 Å². The van der Waals surface area contributed by atoms with Crippen molar-refractivity contribution in [2.24, 2.45) is 0 Å². The zero-order valence-electron chi connectivity index (χ0n) is 42.6. The molecule has 0 spiro atoms. The second-order valence-corrected chi connectivity index (χ2v) is 19.2. The minimum atomic E-state index is -2.15. The fraction of sp³-hybridized carbons (Fsp3) is 0.911. The third kappa shape index (κ3) is 16.8. The van der Waals surface area contributed by atoms with Crippen molar-refractivity contribution in [1.29, 1.82) is 0 Å². The summed E-state index contributed by atoms with van der Waals surface area (Å²) in [6.07, 6.45) is -40.1. The van der Waals surface area contributed by atoms with Crippen LogP contribution in [0.4, 0.5) is 0 Å². The molecule has 0 aromatic carbocycles. The zero-order valence-corrected chi connectivity index (χ0v) is 42.6. The van der Waals surface area contributed by atoms with Gasteiger partial charge in [0.25, 0.3) is 0 Å². The van der Waals surface area contributed by atoms with E-state index < -0.39 is 192 Å². The van der Waals surface area contributed by atoms with Gasteiger partial charge < -0.3 is 140 Å². The predicted octanol–water partition coefficient (Wildman–Crippen LogP) is -10.4. The first-order valence-electron chi connectivity index (χ1n) is 25.4. The topological polar surface area (TPSA) is 492 Å². The summed E-state index contributed by atoms with van der Waals surface area (Å²) in [6, 6.07) is -3.18. The number of carbonyl (C=O) groups is 4. The second-order valence-electron chi connectivity index (χ2n) is 19.2. The molecule has 0 bridgehead atoms. The van der Waals surface area contributed by atoms with E-state index in [2.05, 4.69) is 21.3 Å². The number of aliphatic hydroxyl groups is 14. The quantitative estimate of drug-likeness (QED) is 0.0358. The maximum absolute atomic E-state index is 12.8. The minimum absolute atomic E-state index is 0.100. The molecule has 0 aliphatic carbocycles. The summed E-state index contributed by atoms with van der Waals surface area (Å²) >= 11 is 0. The first-order valence-corrected chi connectivity index (χ1v) is 25.4. The Hall–Kier alpha value is -3.08. The van der Waals surface area contributed by atoms with E-state index in [0.717, 1.165) is 13.8 Å². The molecule has 0 aromatic heterocycles. The van der Waals surface area contributed by atoms with Crippen LogP contribution in [-0.4, -0.2) is 301 Å². The van der Waals surface area contributed by atoms with Gasteiger partial charge in [-0.05, 0) is 26.2 Å². The van der Waals surface area contributed by atoms with Gasteiger partial charge in [-0.15, -0.1) is 0 Å². The van der Waals surface area contributed by atoms with Crippen molar-refractivity contribution in [3.05, 3.63) is 0 Å². The smallest absolute Gasteiger partial charge is 0.220 e. The maximum Gasteiger partial charge on any atom is 0.220 e. The largest absolute Gasteiger partial charge is 0.395 e. The first kappa shape index (κ1) is 64.7. The van der Waals surface area contributed by atoms with Crippen LogP contribution < -0.4 is 21.3 Å². The van der Waals surface area contributed by atoms with Crippen molar-refractivity contribution in [2.45, 2.75) is 206 Å². The number of aliphatic hydroxyl groups excluding tert-OH is 14. The summed E-state index contributed by atoms with van der Waals surface area (Å²) < 4.78 is 58.6. The number of carbonyl (C=O) groups excluding carboxylic acids is 4. The average Bonchev–Trinajstić information content (AvgIpc) is 3.39. The molecule has 32 heteroatoms. The van der Waals surface area contributed by atoms with Gasteiger partial charge in [0.2, 0.25) is 23.6 Å². The molecular formula is C45H78N4O28. The summed E-state index contributed by atoms with van der Waals surface area (Å²) in [7, 11) is 0. The average molecular weight is 1120 g/mol. The standard InChI is InChI=1S/C45H78N4O28/c1-17-28(59)33(64)35(66)43(69-17)77-40-34(65)29(60)20(13-51)72-45(40)75-38-27(49-19(3)56)42(70-21(14-52)30(38)61)76-39-31(62)22(15-53)71-44(36(39)67)74-37-23(16-54)73-41(26(32(37)63)48-18(2)55)68-12-6-9-46-24(57)7-4-5-8-25(58)47-10-11-50/h17,20-23,26-45,50-54,59-67H,4-16H2,1-3H3,(H,46,57)(H,47,58)(H,48,55)(H,49,56)/t17?,20?,21?,22?,23?,26?,27?,28-,29-,30-,31-,32+,33+,34-,35?,36?,37-,38+,39-,40?,41+,42-,43-,44-,45-/m0/s1. The molecule has 32 nitrogen and oxygen atoms in total. The zero-order chi connectivity index (χ0) is 56.8. The Morgan fingerprint density at radius 3 is 1.49 bits per heavy atom. The second kappa shape index (κ2) is 30.7. The van der Waals surface area contributed by atoms with Gasteiger partial charge >= 0.3 is 0 Å². The van der Waals surface area contributed by atoms with Crippen LogP contribution in [0, 0.1) is 0 Å². The van der Waals surface area contributed by atoms with Crippen LogP contribution >= 0.6 is 0 Å². The monoisotopic (exact) mass is 1120 g/mol. The van der Waals surface area contributed by atoms with Crippen molar-refractivity contribution in [2.75, 3.05) is 52.7 Å². The van der Waals surface area contributed by atoms with Gasteiger partial charge in [-0.3, -0.25) is 19.2 Å². The number of unbranched alkanes of at least 4 members (excludes halogenated alkanes) is 1. The highest BCUT2D eigenvalue weighted by Crippen LogP contribution is 2.36. The van der Waals surface area contributed by atoms with Crippen LogP contribution in [0.5, 0.6) is 0 Å². The molecular weight excluding hydrogens is 1040 g/mol. The lowest BCUT2D eigenvalue weighted by Crippen LogP contribution is -2.70. The number of amides is 4. The molecule has 5 aliphatic rings. The van der Waals surface area contributed by atoms with E-state index in [0.29, 0.717) is 12.8 Å². The predicted molar refractivity (Wildman–Crippen MR) is 248 cm³/mol. The van der Waals surface area contributed by atoms with Crippen molar-refractivity contribution in [3.63, 3.8) is 0 Å². The highest BCUT2D eigenvalue weighted by atomic mass is 16.8. The molecule has 5 heterocycles. The van der Waals surface area contributed by atoms with Gasteiger partial charge in [-0.2, -0.15) is 0 Å². The van der Waals surface area contributed by atoms with Crippen LogP contribution in [0.3, 0.4) is 0 Å². The number of rotatable bonds is 26. The number of hydrogen-bond donors (Lipinski definition) is 18. The van der Waals surface area contributed by atoms with Gasteiger partial charge in [0.05, 0.1) is 45.7 Å². The first-order chi connectivity index (χ1) is 36.6. The molecule has 0 aromatic rings. The molecule has 5 fully saturated rings. The Balaban J connectivity index is 1.31. The van der Waals surface area contributed by atoms with Crippen LogP contribution in [0.15, 0.2) is 0 Å².